The van der Waals surface area contributed by atoms with Crippen LogP contribution in [0.15, 0.2) is 36.5 Å². The number of aromatic nitrogens is 1. The second kappa shape index (κ2) is 5.58. The molecular formula is C16H18N2O2S. The van der Waals surface area contributed by atoms with Gasteiger partial charge in [-0.1, -0.05) is 37.3 Å². The van der Waals surface area contributed by atoms with Crippen LogP contribution in [0.2, 0.25) is 0 Å². The lowest BCUT2D eigenvalue weighted by molar-refractivity contribution is -0.148. The average Bonchev–Trinajstić information content (AvgIpc) is 3.18. The molecule has 21 heavy (non-hydrogen) atoms. The van der Waals surface area contributed by atoms with Crippen LogP contribution in [0, 0.1) is 5.41 Å². The summed E-state index contributed by atoms with van der Waals surface area (Å²) < 4.78 is 0. The Kier molecular flexibility index (Phi) is 3.78. The number of carboxylic acids is 1. The predicted molar refractivity (Wildman–Crippen MR) is 83.5 cm³/mol. The first-order valence-electron chi connectivity index (χ1n) is 7.09. The van der Waals surface area contributed by atoms with Gasteiger partial charge in [-0.3, -0.25) is 4.79 Å². The van der Waals surface area contributed by atoms with Gasteiger partial charge in [0, 0.05) is 29.1 Å². The summed E-state index contributed by atoms with van der Waals surface area (Å²) >= 11 is 1.59. The molecule has 1 aromatic carbocycles. The monoisotopic (exact) mass is 302 g/mol. The Labute approximate surface area is 127 Å². The molecular weight excluding hydrogens is 284 g/mol. The van der Waals surface area contributed by atoms with Crippen LogP contribution in [0.5, 0.6) is 0 Å². The zero-order valence-corrected chi connectivity index (χ0v) is 12.7. The highest BCUT2D eigenvalue weighted by Gasteiger charge is 2.47. The number of rotatable bonds is 4. The molecule has 0 radical (unpaired) electrons. The highest BCUT2D eigenvalue weighted by atomic mass is 32.1. The summed E-state index contributed by atoms with van der Waals surface area (Å²) in [7, 11) is 0. The van der Waals surface area contributed by atoms with Crippen LogP contribution in [-0.2, 0) is 4.79 Å². The van der Waals surface area contributed by atoms with E-state index in [0.717, 1.165) is 22.0 Å². The zero-order valence-electron chi connectivity index (χ0n) is 11.9. The number of carboxylic acid groups (broad SMARTS) is 1. The smallest absolute Gasteiger partial charge is 0.311 e. The number of hydrogen-bond donors (Lipinski definition) is 2. The SMILES string of the molecule is CC(c1cnc(-c2ccccc2)s1)C1(C(=O)O)CCNC1. The minimum atomic E-state index is -0.713. The minimum absolute atomic E-state index is 0.0417. The van der Waals surface area contributed by atoms with Crippen molar-refractivity contribution in [2.24, 2.45) is 5.41 Å². The van der Waals surface area contributed by atoms with Crippen LogP contribution in [-0.4, -0.2) is 29.1 Å². The average molecular weight is 302 g/mol. The van der Waals surface area contributed by atoms with Crippen LogP contribution in [0.1, 0.15) is 24.1 Å². The Morgan fingerprint density at radius 1 is 1.43 bits per heavy atom. The summed E-state index contributed by atoms with van der Waals surface area (Å²) in [5.41, 5.74) is 0.371. The van der Waals surface area contributed by atoms with Crippen LogP contribution in [0.25, 0.3) is 10.6 Å². The molecule has 110 valence electrons. The fourth-order valence-electron chi connectivity index (χ4n) is 2.92. The van der Waals surface area contributed by atoms with Crippen molar-refractivity contribution >= 4 is 17.3 Å². The number of carbonyl (C=O) groups is 1. The molecule has 1 aliphatic heterocycles. The van der Waals surface area contributed by atoms with Gasteiger partial charge in [0.05, 0.1) is 5.41 Å². The van der Waals surface area contributed by atoms with Crippen molar-refractivity contribution in [3.05, 3.63) is 41.4 Å². The molecule has 5 heteroatoms. The summed E-state index contributed by atoms with van der Waals surface area (Å²) in [5.74, 6) is -0.755. The number of thiazole rings is 1. The Hall–Kier alpha value is -1.72. The molecule has 0 amide bonds. The molecule has 1 aromatic heterocycles. The molecule has 2 atom stereocenters. The Bertz CT molecular complexity index is 633. The molecule has 2 heterocycles. The van der Waals surface area contributed by atoms with Crippen molar-refractivity contribution < 1.29 is 9.90 Å². The van der Waals surface area contributed by atoms with E-state index in [1.807, 2.05) is 43.5 Å². The molecule has 1 fully saturated rings. The van der Waals surface area contributed by atoms with E-state index in [9.17, 15) is 9.90 Å². The number of nitrogens with one attached hydrogen (secondary N) is 1. The Morgan fingerprint density at radius 3 is 2.81 bits per heavy atom. The lowest BCUT2D eigenvalue weighted by Crippen LogP contribution is -2.38. The normalized spacial score (nSPS) is 23.1. The largest absolute Gasteiger partial charge is 0.481 e. The summed E-state index contributed by atoms with van der Waals surface area (Å²) in [4.78, 5) is 17.3. The van der Waals surface area contributed by atoms with Gasteiger partial charge in [0.2, 0.25) is 0 Å². The topological polar surface area (TPSA) is 62.2 Å². The minimum Gasteiger partial charge on any atom is -0.481 e. The quantitative estimate of drug-likeness (QED) is 0.911. The van der Waals surface area contributed by atoms with E-state index >= 15 is 0 Å². The predicted octanol–water partition coefficient (Wildman–Crippen LogP) is 2.98. The molecule has 2 N–H and O–H groups in total. The van der Waals surface area contributed by atoms with Crippen molar-refractivity contribution in [2.75, 3.05) is 13.1 Å². The molecule has 2 aromatic rings. The van der Waals surface area contributed by atoms with Gasteiger partial charge in [-0.2, -0.15) is 0 Å². The Morgan fingerprint density at radius 2 is 2.19 bits per heavy atom. The molecule has 0 aliphatic carbocycles. The van der Waals surface area contributed by atoms with Crippen LogP contribution < -0.4 is 5.32 Å². The highest BCUT2D eigenvalue weighted by Crippen LogP contribution is 2.43. The van der Waals surface area contributed by atoms with E-state index in [0.29, 0.717) is 13.0 Å². The van der Waals surface area contributed by atoms with Gasteiger partial charge >= 0.3 is 5.97 Å². The standard InChI is InChI=1S/C16H18N2O2S/c1-11(16(15(19)20)7-8-17-10-16)13-9-18-14(21-13)12-5-3-2-4-6-12/h2-6,9,11,17H,7-8,10H2,1H3,(H,19,20). The van der Waals surface area contributed by atoms with Gasteiger partial charge in [0.25, 0.3) is 0 Å². The van der Waals surface area contributed by atoms with Gasteiger partial charge in [-0.25, -0.2) is 4.98 Å². The molecule has 0 spiro atoms. The second-order valence-corrected chi connectivity index (χ2v) is 6.61. The van der Waals surface area contributed by atoms with Gasteiger partial charge < -0.3 is 10.4 Å². The van der Waals surface area contributed by atoms with E-state index in [1.165, 1.54) is 0 Å². The highest BCUT2D eigenvalue weighted by molar-refractivity contribution is 7.15. The molecule has 1 saturated heterocycles. The first kappa shape index (κ1) is 14.2. The van der Waals surface area contributed by atoms with Crippen LogP contribution in [0.3, 0.4) is 0 Å². The van der Waals surface area contributed by atoms with Crippen LogP contribution in [0.4, 0.5) is 0 Å². The van der Waals surface area contributed by atoms with Gasteiger partial charge in [-0.05, 0) is 13.0 Å². The number of aliphatic carboxylic acids is 1. The molecule has 3 rings (SSSR count). The maximum absolute atomic E-state index is 11.8. The van der Waals surface area contributed by atoms with Gasteiger partial charge in [0.1, 0.15) is 5.01 Å². The molecule has 2 unspecified atom stereocenters. The first-order valence-corrected chi connectivity index (χ1v) is 7.90. The third-order valence-electron chi connectivity index (χ3n) is 4.41. The summed E-state index contributed by atoms with van der Waals surface area (Å²) in [6, 6.07) is 10.00. The van der Waals surface area contributed by atoms with Crippen molar-refractivity contribution in [2.45, 2.75) is 19.3 Å². The number of hydrogen-bond acceptors (Lipinski definition) is 4. The summed E-state index contributed by atoms with van der Waals surface area (Å²) in [6.45, 7) is 3.30. The second-order valence-electron chi connectivity index (χ2n) is 5.54. The fraction of sp³-hybridized carbons (Fsp3) is 0.375. The van der Waals surface area contributed by atoms with Crippen molar-refractivity contribution in [3.63, 3.8) is 0 Å². The van der Waals surface area contributed by atoms with E-state index in [1.54, 1.807) is 11.3 Å². The first-order chi connectivity index (χ1) is 10.1. The molecule has 4 nitrogen and oxygen atoms in total. The molecule has 1 aliphatic rings. The zero-order chi connectivity index (χ0) is 14.9. The van der Waals surface area contributed by atoms with E-state index in [-0.39, 0.29) is 5.92 Å². The van der Waals surface area contributed by atoms with E-state index < -0.39 is 11.4 Å². The lowest BCUT2D eigenvalue weighted by atomic mass is 9.75. The van der Waals surface area contributed by atoms with Crippen molar-refractivity contribution in [1.29, 1.82) is 0 Å². The maximum atomic E-state index is 11.8. The Balaban J connectivity index is 1.91. The van der Waals surface area contributed by atoms with Crippen molar-refractivity contribution in [3.8, 4) is 10.6 Å². The number of benzene rings is 1. The lowest BCUT2D eigenvalue weighted by Gasteiger charge is -2.29. The van der Waals surface area contributed by atoms with Crippen molar-refractivity contribution in [1.82, 2.24) is 10.3 Å². The van der Waals surface area contributed by atoms with E-state index in [4.69, 9.17) is 0 Å². The number of nitrogens with zero attached hydrogens (tertiary/aromatic N) is 1. The molecule has 0 saturated carbocycles. The maximum Gasteiger partial charge on any atom is 0.311 e. The summed E-state index contributed by atoms with van der Waals surface area (Å²) in [5, 5.41) is 13.8. The van der Waals surface area contributed by atoms with Crippen LogP contribution >= 0.6 is 11.3 Å². The van der Waals surface area contributed by atoms with Gasteiger partial charge in [-0.15, -0.1) is 11.3 Å². The molecule has 0 bridgehead atoms. The van der Waals surface area contributed by atoms with Gasteiger partial charge in [0.15, 0.2) is 0 Å². The third-order valence-corrected chi connectivity index (χ3v) is 5.64. The summed E-state index contributed by atoms with van der Waals surface area (Å²) in [6.07, 6.45) is 2.50. The third kappa shape index (κ3) is 2.47. The fourth-order valence-corrected chi connectivity index (χ4v) is 4.01. The van der Waals surface area contributed by atoms with E-state index in [2.05, 4.69) is 10.3 Å².